The first-order chi connectivity index (χ1) is 8.40. The quantitative estimate of drug-likeness (QED) is 0.627. The third-order valence-electron chi connectivity index (χ3n) is 3.41. The van der Waals surface area contributed by atoms with E-state index in [2.05, 4.69) is 31.0 Å². The molecule has 0 fully saturated rings. The number of H-pyrrole nitrogens is 1. The molecule has 0 bridgehead atoms. The molecule has 0 unspecified atom stereocenters. The molecule has 3 N–H and O–H groups in total. The van der Waals surface area contributed by atoms with Crippen LogP contribution in [-0.4, -0.2) is 10.8 Å². The van der Waals surface area contributed by atoms with Gasteiger partial charge in [-0.25, -0.2) is 0 Å². The summed E-state index contributed by atoms with van der Waals surface area (Å²) in [6.45, 7) is 7.62. The first kappa shape index (κ1) is 12.4. The van der Waals surface area contributed by atoms with Gasteiger partial charge in [0.2, 0.25) is 5.78 Å². The third kappa shape index (κ3) is 2.04. The molecule has 3 nitrogen and oxygen atoms in total. The number of carbonyl (C=O) groups excluding carboxylic acids is 1. The Kier molecular flexibility index (Phi) is 2.99. The van der Waals surface area contributed by atoms with Crippen molar-refractivity contribution in [2.24, 2.45) is 5.73 Å². The molecule has 1 heterocycles. The van der Waals surface area contributed by atoms with Gasteiger partial charge in [0.15, 0.2) is 0 Å². The van der Waals surface area contributed by atoms with Gasteiger partial charge in [0.25, 0.3) is 0 Å². The second-order valence-electron chi connectivity index (χ2n) is 4.84. The molecule has 94 valence electrons. The highest BCUT2D eigenvalue weighted by molar-refractivity contribution is 6.09. The van der Waals surface area contributed by atoms with Crippen LogP contribution in [0.5, 0.6) is 0 Å². The van der Waals surface area contributed by atoms with Crippen LogP contribution in [0.15, 0.2) is 29.5 Å². The fraction of sp³-hybridized carbons (Fsp3) is 0.267. The zero-order chi connectivity index (χ0) is 13.4. The van der Waals surface area contributed by atoms with Crippen molar-refractivity contribution in [3.8, 4) is 0 Å². The first-order valence-electron chi connectivity index (χ1n) is 5.97. The molecule has 0 saturated heterocycles. The number of aromatic amines is 1. The third-order valence-corrected chi connectivity index (χ3v) is 3.41. The smallest absolute Gasteiger partial charge is 0.206 e. The van der Waals surface area contributed by atoms with Crippen LogP contribution in [-0.2, 0) is 0 Å². The lowest BCUT2D eigenvalue weighted by atomic mass is 10.1. The van der Waals surface area contributed by atoms with E-state index in [9.17, 15) is 4.79 Å². The largest absolute Gasteiger partial charge is 0.402 e. The molecule has 18 heavy (non-hydrogen) atoms. The lowest BCUT2D eigenvalue weighted by molar-refractivity contribution is 0.102. The van der Waals surface area contributed by atoms with Crippen LogP contribution < -0.4 is 5.73 Å². The molecule has 0 atom stereocenters. The number of aromatic nitrogens is 1. The Balaban J connectivity index is 2.55. The van der Waals surface area contributed by atoms with Gasteiger partial charge < -0.3 is 10.7 Å². The van der Waals surface area contributed by atoms with Crippen molar-refractivity contribution in [3.05, 3.63) is 46.3 Å². The summed E-state index contributed by atoms with van der Waals surface area (Å²) >= 11 is 0. The van der Waals surface area contributed by atoms with Crippen LogP contribution in [0.2, 0.25) is 0 Å². The van der Waals surface area contributed by atoms with Crippen molar-refractivity contribution in [1.82, 2.24) is 4.98 Å². The Bertz CT molecular complexity index is 619. The molecule has 3 heteroatoms. The molecule has 1 aromatic heterocycles. The second kappa shape index (κ2) is 4.33. The lowest BCUT2D eigenvalue weighted by Crippen LogP contribution is -2.07. The summed E-state index contributed by atoms with van der Waals surface area (Å²) in [4.78, 5) is 15.3. The van der Waals surface area contributed by atoms with Crippen molar-refractivity contribution in [3.63, 3.8) is 0 Å². The van der Waals surface area contributed by atoms with E-state index in [0.29, 0.717) is 17.0 Å². The molecule has 0 aliphatic heterocycles. The van der Waals surface area contributed by atoms with E-state index in [0.717, 1.165) is 10.9 Å². The predicted molar refractivity (Wildman–Crippen MR) is 74.7 cm³/mol. The van der Waals surface area contributed by atoms with Crippen LogP contribution in [0.3, 0.4) is 0 Å². The van der Waals surface area contributed by atoms with Crippen molar-refractivity contribution in [2.45, 2.75) is 27.7 Å². The summed E-state index contributed by atoms with van der Waals surface area (Å²) in [6.07, 6.45) is 0. The number of carbonyl (C=O) groups is 1. The number of nitrogens with two attached hydrogens (primary N) is 1. The summed E-state index contributed by atoms with van der Waals surface area (Å²) < 4.78 is 0. The minimum atomic E-state index is -0.0403. The number of fused-ring (bicyclic) bond motifs is 1. The molecular weight excluding hydrogens is 224 g/mol. The Morgan fingerprint density at radius 1 is 1.11 bits per heavy atom. The van der Waals surface area contributed by atoms with Gasteiger partial charge >= 0.3 is 0 Å². The van der Waals surface area contributed by atoms with E-state index >= 15 is 0 Å². The number of aryl methyl sites for hydroxylation is 2. The molecular formula is C15H18N2O. The first-order valence-corrected chi connectivity index (χ1v) is 5.97. The van der Waals surface area contributed by atoms with Crippen LogP contribution in [0.4, 0.5) is 0 Å². The Labute approximate surface area is 107 Å². The topological polar surface area (TPSA) is 58.9 Å². The molecule has 0 aliphatic rings. The number of hydrogen-bond donors (Lipinski definition) is 2. The molecule has 0 saturated carbocycles. The molecule has 2 aromatic rings. The molecule has 0 spiro atoms. The SMILES string of the molecule is C/C(N)=C(\C)C(=O)c1cc2cc(C)c(C)cc2[nH]1. The maximum atomic E-state index is 12.2. The van der Waals surface area contributed by atoms with Gasteiger partial charge in [-0.2, -0.15) is 0 Å². The number of allylic oxidation sites excluding steroid dienone is 2. The van der Waals surface area contributed by atoms with Gasteiger partial charge in [-0.1, -0.05) is 0 Å². The minimum absolute atomic E-state index is 0.0403. The number of nitrogens with one attached hydrogen (secondary N) is 1. The molecule has 0 amide bonds. The minimum Gasteiger partial charge on any atom is -0.402 e. The molecule has 2 rings (SSSR count). The standard InChI is InChI=1S/C15H18N2O/c1-8-5-12-7-14(15(18)10(3)11(4)16)17-13(12)6-9(8)2/h5-7,17H,16H2,1-4H3/b11-10-. The molecule has 1 aromatic carbocycles. The highest BCUT2D eigenvalue weighted by Gasteiger charge is 2.13. The summed E-state index contributed by atoms with van der Waals surface area (Å²) in [7, 11) is 0. The zero-order valence-corrected chi connectivity index (χ0v) is 11.2. The van der Waals surface area contributed by atoms with Crippen LogP contribution in [0, 0.1) is 13.8 Å². The summed E-state index contributed by atoms with van der Waals surface area (Å²) in [5, 5.41) is 1.06. The van der Waals surface area contributed by atoms with Crippen molar-refractivity contribution < 1.29 is 4.79 Å². The number of benzene rings is 1. The van der Waals surface area contributed by atoms with E-state index in [1.54, 1.807) is 13.8 Å². The maximum absolute atomic E-state index is 12.2. The average molecular weight is 242 g/mol. The van der Waals surface area contributed by atoms with Gasteiger partial charge in [-0.15, -0.1) is 0 Å². The van der Waals surface area contributed by atoms with Crippen molar-refractivity contribution in [2.75, 3.05) is 0 Å². The predicted octanol–water partition coefficient (Wildman–Crippen LogP) is 3.22. The monoisotopic (exact) mass is 242 g/mol. The number of hydrogen-bond acceptors (Lipinski definition) is 2. The normalized spacial score (nSPS) is 12.7. The van der Waals surface area contributed by atoms with E-state index < -0.39 is 0 Å². The van der Waals surface area contributed by atoms with E-state index in [-0.39, 0.29) is 5.78 Å². The summed E-state index contributed by atoms with van der Waals surface area (Å²) in [6, 6.07) is 6.04. The van der Waals surface area contributed by atoms with Crippen LogP contribution >= 0.6 is 0 Å². The van der Waals surface area contributed by atoms with E-state index in [4.69, 9.17) is 5.73 Å². The van der Waals surface area contributed by atoms with Gasteiger partial charge in [0.1, 0.15) is 0 Å². The molecule has 0 aliphatic carbocycles. The van der Waals surface area contributed by atoms with E-state index in [1.165, 1.54) is 11.1 Å². The van der Waals surface area contributed by atoms with Crippen molar-refractivity contribution in [1.29, 1.82) is 0 Å². The maximum Gasteiger partial charge on any atom is 0.206 e. The summed E-state index contributed by atoms with van der Waals surface area (Å²) in [5.74, 6) is -0.0403. The Morgan fingerprint density at radius 3 is 2.33 bits per heavy atom. The van der Waals surface area contributed by atoms with E-state index in [1.807, 2.05) is 6.07 Å². The number of ketones is 1. The number of rotatable bonds is 2. The fourth-order valence-electron chi connectivity index (χ4n) is 1.91. The summed E-state index contributed by atoms with van der Waals surface area (Å²) in [5.41, 5.74) is 10.8. The Hall–Kier alpha value is -2.03. The van der Waals surface area contributed by atoms with Crippen LogP contribution in [0.25, 0.3) is 10.9 Å². The molecule has 0 radical (unpaired) electrons. The van der Waals surface area contributed by atoms with Crippen LogP contribution in [0.1, 0.15) is 35.5 Å². The van der Waals surface area contributed by atoms with Crippen molar-refractivity contribution >= 4 is 16.7 Å². The lowest BCUT2D eigenvalue weighted by Gasteiger charge is -2.00. The fourth-order valence-corrected chi connectivity index (χ4v) is 1.91. The van der Waals surface area contributed by atoms with Gasteiger partial charge in [-0.05, 0) is 57.0 Å². The number of Topliss-reactive ketones (excluding diaryl/α,β-unsaturated/α-hetero) is 1. The van der Waals surface area contributed by atoms with Gasteiger partial charge in [0.05, 0.1) is 5.69 Å². The van der Waals surface area contributed by atoms with Gasteiger partial charge in [0, 0.05) is 22.2 Å². The average Bonchev–Trinajstić information content (AvgIpc) is 2.70. The van der Waals surface area contributed by atoms with Gasteiger partial charge in [-0.3, -0.25) is 4.79 Å². The highest BCUT2D eigenvalue weighted by Crippen LogP contribution is 2.21. The zero-order valence-electron chi connectivity index (χ0n) is 11.2. The highest BCUT2D eigenvalue weighted by atomic mass is 16.1. The Morgan fingerprint density at radius 2 is 1.72 bits per heavy atom. The second-order valence-corrected chi connectivity index (χ2v) is 4.84.